The predicted molar refractivity (Wildman–Crippen MR) is 72.8 cm³/mol. The molecule has 0 aromatic carbocycles. The van der Waals surface area contributed by atoms with Gasteiger partial charge in [0.15, 0.2) is 8.32 Å². The van der Waals surface area contributed by atoms with Crippen LogP contribution in [0.1, 0.15) is 34.1 Å². The number of rotatable bonds is 4. The minimum atomic E-state index is -1.80. The Bertz CT molecular complexity index is 307. The molecule has 0 saturated carbocycles. The molecular formula is C13H26O4Si. The van der Waals surface area contributed by atoms with Crippen LogP contribution in [-0.2, 0) is 14.0 Å². The van der Waals surface area contributed by atoms with Crippen LogP contribution in [0.15, 0.2) is 0 Å². The number of hydrogen-bond acceptors (Lipinski definition) is 4. The molecule has 0 aliphatic carbocycles. The maximum absolute atomic E-state index is 11.5. The van der Waals surface area contributed by atoms with Crippen LogP contribution in [0.3, 0.4) is 0 Å². The zero-order valence-corrected chi connectivity index (χ0v) is 13.3. The van der Waals surface area contributed by atoms with E-state index in [1.54, 1.807) is 6.92 Å². The lowest BCUT2D eigenvalue weighted by atomic mass is 10.0. The fourth-order valence-electron chi connectivity index (χ4n) is 1.69. The van der Waals surface area contributed by atoms with Gasteiger partial charge in [-0.3, -0.25) is 4.79 Å². The van der Waals surface area contributed by atoms with Gasteiger partial charge in [-0.15, -0.1) is 0 Å². The first kappa shape index (κ1) is 15.7. The molecule has 1 heterocycles. The van der Waals surface area contributed by atoms with Crippen molar-refractivity contribution >= 4 is 14.3 Å². The van der Waals surface area contributed by atoms with Crippen molar-refractivity contribution in [1.29, 1.82) is 0 Å². The van der Waals surface area contributed by atoms with Gasteiger partial charge in [-0.25, -0.2) is 0 Å². The van der Waals surface area contributed by atoms with E-state index in [0.29, 0.717) is 13.0 Å². The van der Waals surface area contributed by atoms with Crippen molar-refractivity contribution in [3.8, 4) is 0 Å². The average Bonchev–Trinajstić information content (AvgIpc) is 2.55. The molecule has 1 aliphatic heterocycles. The van der Waals surface area contributed by atoms with E-state index in [-0.39, 0.29) is 17.1 Å². The topological polar surface area (TPSA) is 55.8 Å². The molecule has 18 heavy (non-hydrogen) atoms. The molecule has 1 saturated heterocycles. The van der Waals surface area contributed by atoms with Crippen LogP contribution < -0.4 is 0 Å². The number of carbonyl (C=O) groups is 1. The molecule has 1 aliphatic rings. The van der Waals surface area contributed by atoms with Gasteiger partial charge in [0.05, 0.1) is 18.6 Å². The Morgan fingerprint density at radius 1 is 1.50 bits per heavy atom. The Morgan fingerprint density at radius 2 is 2.06 bits per heavy atom. The number of esters is 1. The Hall–Kier alpha value is -0.393. The van der Waals surface area contributed by atoms with Crippen LogP contribution in [0.25, 0.3) is 0 Å². The van der Waals surface area contributed by atoms with Crippen molar-refractivity contribution in [1.82, 2.24) is 0 Å². The Morgan fingerprint density at radius 3 is 2.44 bits per heavy atom. The van der Waals surface area contributed by atoms with E-state index in [4.69, 9.17) is 9.16 Å². The highest BCUT2D eigenvalue weighted by atomic mass is 28.4. The average molecular weight is 274 g/mol. The number of ether oxygens (including phenoxy) is 1. The van der Waals surface area contributed by atoms with Crippen LogP contribution in [0.2, 0.25) is 18.1 Å². The normalized spacial score (nSPS) is 27.2. The molecule has 0 aromatic rings. The molecule has 3 atom stereocenters. The van der Waals surface area contributed by atoms with Gasteiger partial charge in [0.25, 0.3) is 0 Å². The van der Waals surface area contributed by atoms with Gasteiger partial charge in [0.2, 0.25) is 0 Å². The molecule has 0 bridgehead atoms. The molecule has 5 heteroatoms. The van der Waals surface area contributed by atoms with Gasteiger partial charge in [0.1, 0.15) is 6.10 Å². The van der Waals surface area contributed by atoms with Gasteiger partial charge >= 0.3 is 5.97 Å². The molecule has 0 aromatic heterocycles. The highest BCUT2D eigenvalue weighted by Gasteiger charge is 2.41. The first-order valence-electron chi connectivity index (χ1n) is 6.57. The summed E-state index contributed by atoms with van der Waals surface area (Å²) in [5.74, 6) is -0.688. The van der Waals surface area contributed by atoms with Gasteiger partial charge in [0, 0.05) is 6.42 Å². The van der Waals surface area contributed by atoms with Crippen molar-refractivity contribution in [3.63, 3.8) is 0 Å². The van der Waals surface area contributed by atoms with Crippen molar-refractivity contribution < 1.29 is 19.1 Å². The third-order valence-electron chi connectivity index (χ3n) is 4.12. The van der Waals surface area contributed by atoms with Gasteiger partial charge in [-0.2, -0.15) is 0 Å². The molecule has 0 spiro atoms. The first-order chi connectivity index (χ1) is 8.04. The number of aliphatic hydroxyl groups is 1. The van der Waals surface area contributed by atoms with E-state index < -0.39 is 20.3 Å². The van der Waals surface area contributed by atoms with E-state index in [1.165, 1.54) is 0 Å². The van der Waals surface area contributed by atoms with E-state index in [9.17, 15) is 9.90 Å². The first-order valence-corrected chi connectivity index (χ1v) is 9.48. The molecule has 1 rings (SSSR count). The summed E-state index contributed by atoms with van der Waals surface area (Å²) in [7, 11) is -1.80. The summed E-state index contributed by atoms with van der Waals surface area (Å²) < 4.78 is 11.3. The quantitative estimate of drug-likeness (QED) is 0.631. The monoisotopic (exact) mass is 274 g/mol. The Kier molecular flexibility index (Phi) is 4.62. The SMILES string of the molecule is C[C@H](O)[C@H]1C[C@H](CO[Si](C)(C)C(C)(C)C)OC1=O. The lowest BCUT2D eigenvalue weighted by Crippen LogP contribution is -2.42. The van der Waals surface area contributed by atoms with Gasteiger partial charge < -0.3 is 14.3 Å². The van der Waals surface area contributed by atoms with Crippen molar-refractivity contribution in [2.75, 3.05) is 6.61 Å². The molecule has 1 N–H and O–H groups in total. The number of cyclic esters (lactones) is 1. The molecule has 4 nitrogen and oxygen atoms in total. The van der Waals surface area contributed by atoms with Crippen LogP contribution in [0.4, 0.5) is 0 Å². The largest absolute Gasteiger partial charge is 0.460 e. The van der Waals surface area contributed by atoms with E-state index in [0.717, 1.165) is 0 Å². The number of carbonyl (C=O) groups excluding carboxylic acids is 1. The second-order valence-corrected chi connectivity index (χ2v) is 11.5. The highest BCUT2D eigenvalue weighted by molar-refractivity contribution is 6.74. The van der Waals surface area contributed by atoms with E-state index in [1.807, 2.05) is 0 Å². The maximum atomic E-state index is 11.5. The lowest BCUT2D eigenvalue weighted by Gasteiger charge is -2.36. The summed E-state index contributed by atoms with van der Waals surface area (Å²) in [5, 5.41) is 9.62. The smallest absolute Gasteiger partial charge is 0.312 e. The standard InChI is InChI=1S/C13H26O4Si/c1-9(14)11-7-10(17-12(11)15)8-16-18(5,6)13(2,3)4/h9-11,14H,7-8H2,1-6H3/t9-,10+,11+/m0/s1. The maximum Gasteiger partial charge on any atom is 0.312 e. The fourth-order valence-corrected chi connectivity index (χ4v) is 2.73. The zero-order valence-electron chi connectivity index (χ0n) is 12.3. The molecule has 0 unspecified atom stereocenters. The van der Waals surface area contributed by atoms with Crippen LogP contribution in [0.5, 0.6) is 0 Å². The third kappa shape index (κ3) is 3.55. The Balaban J connectivity index is 2.50. The fraction of sp³-hybridized carbons (Fsp3) is 0.923. The van der Waals surface area contributed by atoms with Gasteiger partial charge in [-0.1, -0.05) is 20.8 Å². The molecular weight excluding hydrogens is 248 g/mol. The minimum Gasteiger partial charge on any atom is -0.460 e. The zero-order chi connectivity index (χ0) is 14.1. The van der Waals surface area contributed by atoms with Crippen LogP contribution >= 0.6 is 0 Å². The number of aliphatic hydroxyl groups excluding tert-OH is 1. The summed E-state index contributed by atoms with van der Waals surface area (Å²) in [6.45, 7) is 13.0. The highest BCUT2D eigenvalue weighted by Crippen LogP contribution is 2.37. The van der Waals surface area contributed by atoms with E-state index in [2.05, 4.69) is 33.9 Å². The number of hydrogen-bond donors (Lipinski definition) is 1. The van der Waals surface area contributed by atoms with Crippen LogP contribution in [0, 0.1) is 5.92 Å². The summed E-state index contributed by atoms with van der Waals surface area (Å²) >= 11 is 0. The third-order valence-corrected chi connectivity index (χ3v) is 8.62. The van der Waals surface area contributed by atoms with Crippen molar-refractivity contribution in [3.05, 3.63) is 0 Å². The van der Waals surface area contributed by atoms with Crippen LogP contribution in [-0.4, -0.2) is 38.2 Å². The van der Waals surface area contributed by atoms with Gasteiger partial charge in [-0.05, 0) is 25.1 Å². The molecule has 106 valence electrons. The van der Waals surface area contributed by atoms with Crippen molar-refractivity contribution in [2.24, 2.45) is 5.92 Å². The molecule has 1 fully saturated rings. The second kappa shape index (κ2) is 5.31. The summed E-state index contributed by atoms with van der Waals surface area (Å²) in [6.07, 6.45) is -0.285. The minimum absolute atomic E-state index is 0.152. The summed E-state index contributed by atoms with van der Waals surface area (Å²) in [6, 6.07) is 0. The predicted octanol–water partition coefficient (Wildman–Crippen LogP) is 2.32. The summed E-state index contributed by atoms with van der Waals surface area (Å²) in [4.78, 5) is 11.5. The van der Waals surface area contributed by atoms with Crippen molar-refractivity contribution in [2.45, 2.75) is 64.5 Å². The Labute approximate surface area is 111 Å². The molecule has 0 radical (unpaired) electrons. The van der Waals surface area contributed by atoms with E-state index >= 15 is 0 Å². The summed E-state index contributed by atoms with van der Waals surface area (Å²) in [5.41, 5.74) is 0. The molecule has 0 amide bonds. The lowest BCUT2D eigenvalue weighted by molar-refractivity contribution is -0.147. The second-order valence-electron chi connectivity index (χ2n) is 6.71.